The molecule has 2 heterocycles. The molecule has 1 aliphatic heterocycles. The van der Waals surface area contributed by atoms with Crippen molar-refractivity contribution >= 4 is 27.1 Å². The van der Waals surface area contributed by atoms with Crippen molar-refractivity contribution in [2.75, 3.05) is 12.3 Å². The molecule has 9 heteroatoms. The van der Waals surface area contributed by atoms with Gasteiger partial charge in [0.25, 0.3) is 0 Å². The van der Waals surface area contributed by atoms with Crippen LogP contribution < -0.4 is 0 Å². The Labute approximate surface area is 176 Å². The van der Waals surface area contributed by atoms with Crippen LogP contribution in [0.15, 0.2) is 53.4 Å². The summed E-state index contributed by atoms with van der Waals surface area (Å²) in [4.78, 5) is 19.8. The van der Waals surface area contributed by atoms with Crippen LogP contribution in [0.1, 0.15) is 17.0 Å². The molecular weight excluding hydrogens is 430 g/mol. The Kier molecular flexibility index (Phi) is 5.66. The molecule has 30 heavy (non-hydrogen) atoms. The first kappa shape index (κ1) is 20.6. The predicted molar refractivity (Wildman–Crippen MR) is 110 cm³/mol. The fraction of sp³-hybridized carbons (Fsp3) is 0.238. The third-order valence-electron chi connectivity index (χ3n) is 4.93. The highest BCUT2D eigenvalue weighted by atomic mass is 32.2. The zero-order valence-corrected chi connectivity index (χ0v) is 17.5. The summed E-state index contributed by atoms with van der Waals surface area (Å²) < 4.78 is 50.9. The highest BCUT2D eigenvalue weighted by molar-refractivity contribution is 7.91. The maximum atomic E-state index is 13.1. The van der Waals surface area contributed by atoms with Crippen LogP contribution in [0, 0.1) is 11.6 Å². The summed E-state index contributed by atoms with van der Waals surface area (Å²) in [6, 6.07) is 10.7. The Morgan fingerprint density at radius 1 is 1.03 bits per heavy atom. The van der Waals surface area contributed by atoms with Crippen molar-refractivity contribution in [1.29, 1.82) is 0 Å². The number of sulfone groups is 1. The third kappa shape index (κ3) is 4.41. The molecule has 0 saturated heterocycles. The normalized spacial score (nSPS) is 13.9. The van der Waals surface area contributed by atoms with Gasteiger partial charge in [0.15, 0.2) is 9.84 Å². The van der Waals surface area contributed by atoms with E-state index in [-0.39, 0.29) is 28.8 Å². The van der Waals surface area contributed by atoms with Crippen molar-refractivity contribution in [2.45, 2.75) is 24.3 Å². The molecule has 0 radical (unpaired) electrons. The summed E-state index contributed by atoms with van der Waals surface area (Å²) in [5.74, 6) is -1.40. The molecule has 5 nitrogen and oxygen atoms in total. The number of aromatic nitrogens is 1. The van der Waals surface area contributed by atoms with Crippen LogP contribution >= 0.6 is 11.3 Å². The fourth-order valence-electron chi connectivity index (χ4n) is 3.26. The first-order valence-corrected chi connectivity index (χ1v) is 11.8. The molecule has 4 rings (SSSR count). The largest absolute Gasteiger partial charge is 0.337 e. The minimum absolute atomic E-state index is 0.00373. The van der Waals surface area contributed by atoms with E-state index in [1.165, 1.54) is 35.6 Å². The Morgan fingerprint density at radius 3 is 2.33 bits per heavy atom. The van der Waals surface area contributed by atoms with Gasteiger partial charge in [-0.2, -0.15) is 0 Å². The Bertz CT molecular complexity index is 1170. The van der Waals surface area contributed by atoms with Gasteiger partial charge in [-0.3, -0.25) is 4.79 Å². The molecule has 1 amide bonds. The Balaban J connectivity index is 1.41. The van der Waals surface area contributed by atoms with Crippen molar-refractivity contribution in [1.82, 2.24) is 9.88 Å². The lowest BCUT2D eigenvalue weighted by atomic mass is 10.1. The van der Waals surface area contributed by atoms with Crippen LogP contribution in [0.3, 0.4) is 0 Å². The molecule has 0 unspecified atom stereocenters. The number of nitrogens with zero attached hydrogens (tertiary/aromatic N) is 2. The van der Waals surface area contributed by atoms with Gasteiger partial charge in [-0.15, -0.1) is 11.3 Å². The number of amides is 1. The van der Waals surface area contributed by atoms with E-state index >= 15 is 0 Å². The molecule has 0 spiro atoms. The Hall–Kier alpha value is -2.65. The van der Waals surface area contributed by atoms with Crippen molar-refractivity contribution in [3.8, 4) is 10.6 Å². The first-order chi connectivity index (χ1) is 14.3. The first-order valence-electron chi connectivity index (χ1n) is 9.32. The monoisotopic (exact) mass is 448 g/mol. The predicted octanol–water partition coefficient (Wildman–Crippen LogP) is 3.84. The summed E-state index contributed by atoms with van der Waals surface area (Å²) >= 11 is 1.46. The number of hydrogen-bond acceptors (Lipinski definition) is 5. The van der Waals surface area contributed by atoms with E-state index in [2.05, 4.69) is 4.98 Å². The number of hydrogen-bond donors (Lipinski definition) is 0. The molecule has 0 atom stereocenters. The van der Waals surface area contributed by atoms with E-state index < -0.39 is 15.7 Å². The molecule has 0 N–H and O–H groups in total. The van der Waals surface area contributed by atoms with Gasteiger partial charge in [-0.25, -0.2) is 22.2 Å². The second-order valence-corrected chi connectivity index (χ2v) is 10.2. The standard InChI is InChI=1S/C21H18F2N2O3S2/c22-15-3-1-14(2-4-15)21-24-18-9-11-25(13-19(18)29-21)20(26)10-12-30(27,28)17-7-5-16(23)6-8-17/h1-8H,9-13H2. The molecule has 0 fully saturated rings. The van der Waals surface area contributed by atoms with Gasteiger partial charge in [0, 0.05) is 29.8 Å². The zero-order valence-electron chi connectivity index (χ0n) is 15.8. The number of carbonyl (C=O) groups is 1. The van der Waals surface area contributed by atoms with Crippen LogP contribution in [-0.2, 0) is 27.6 Å². The molecule has 2 aromatic carbocycles. The summed E-state index contributed by atoms with van der Waals surface area (Å²) in [6.07, 6.45) is 0.447. The van der Waals surface area contributed by atoms with Gasteiger partial charge in [-0.1, -0.05) is 0 Å². The van der Waals surface area contributed by atoms with Crippen molar-refractivity contribution < 1.29 is 22.0 Å². The minimum atomic E-state index is -3.66. The molecular formula is C21H18F2N2O3S2. The molecule has 156 valence electrons. The van der Waals surface area contributed by atoms with E-state index in [9.17, 15) is 22.0 Å². The highest BCUT2D eigenvalue weighted by Gasteiger charge is 2.26. The van der Waals surface area contributed by atoms with Crippen LogP contribution in [0.5, 0.6) is 0 Å². The van der Waals surface area contributed by atoms with Gasteiger partial charge >= 0.3 is 0 Å². The van der Waals surface area contributed by atoms with E-state index in [0.717, 1.165) is 33.3 Å². The summed E-state index contributed by atoms with van der Waals surface area (Å²) in [5.41, 5.74) is 1.74. The van der Waals surface area contributed by atoms with Crippen molar-refractivity contribution in [3.05, 3.63) is 70.7 Å². The average Bonchev–Trinajstić information content (AvgIpc) is 3.16. The molecule has 0 bridgehead atoms. The van der Waals surface area contributed by atoms with Crippen LogP contribution in [-0.4, -0.2) is 36.5 Å². The topological polar surface area (TPSA) is 67.3 Å². The van der Waals surface area contributed by atoms with E-state index in [1.807, 2.05) is 0 Å². The van der Waals surface area contributed by atoms with Gasteiger partial charge in [0.05, 0.1) is 22.9 Å². The highest BCUT2D eigenvalue weighted by Crippen LogP contribution is 2.32. The molecule has 0 saturated carbocycles. The van der Waals surface area contributed by atoms with E-state index in [4.69, 9.17) is 0 Å². The number of carbonyl (C=O) groups excluding carboxylic acids is 1. The number of rotatable bonds is 5. The van der Waals surface area contributed by atoms with E-state index in [1.54, 1.807) is 17.0 Å². The smallest absolute Gasteiger partial charge is 0.223 e. The van der Waals surface area contributed by atoms with Crippen molar-refractivity contribution in [2.24, 2.45) is 0 Å². The van der Waals surface area contributed by atoms with Gasteiger partial charge in [0.1, 0.15) is 16.6 Å². The summed E-state index contributed by atoms with van der Waals surface area (Å²) in [7, 11) is -3.66. The van der Waals surface area contributed by atoms with Crippen LogP contribution in [0.25, 0.3) is 10.6 Å². The van der Waals surface area contributed by atoms with Crippen LogP contribution in [0.4, 0.5) is 8.78 Å². The zero-order chi connectivity index (χ0) is 21.3. The number of halogens is 2. The molecule has 1 aromatic heterocycles. The Morgan fingerprint density at radius 2 is 1.67 bits per heavy atom. The van der Waals surface area contributed by atoms with Gasteiger partial charge in [0.2, 0.25) is 5.91 Å². The minimum Gasteiger partial charge on any atom is -0.337 e. The number of thiazole rings is 1. The second kappa shape index (κ2) is 8.23. The third-order valence-corrected chi connectivity index (χ3v) is 7.80. The second-order valence-electron chi connectivity index (χ2n) is 6.98. The quantitative estimate of drug-likeness (QED) is 0.557. The van der Waals surface area contributed by atoms with Gasteiger partial charge in [-0.05, 0) is 48.5 Å². The number of fused-ring (bicyclic) bond motifs is 1. The summed E-state index contributed by atoms with van der Waals surface area (Å²) in [5, 5.41) is 0.771. The lowest BCUT2D eigenvalue weighted by molar-refractivity contribution is -0.131. The lowest BCUT2D eigenvalue weighted by Crippen LogP contribution is -2.36. The van der Waals surface area contributed by atoms with Crippen molar-refractivity contribution in [3.63, 3.8) is 0 Å². The molecule has 1 aliphatic rings. The summed E-state index contributed by atoms with van der Waals surface area (Å²) in [6.45, 7) is 0.846. The lowest BCUT2D eigenvalue weighted by Gasteiger charge is -2.26. The van der Waals surface area contributed by atoms with Crippen LogP contribution in [0.2, 0.25) is 0 Å². The number of benzene rings is 2. The fourth-order valence-corrected chi connectivity index (χ4v) is 5.62. The molecule has 0 aliphatic carbocycles. The maximum Gasteiger partial charge on any atom is 0.223 e. The maximum absolute atomic E-state index is 13.1. The average molecular weight is 449 g/mol. The van der Waals surface area contributed by atoms with E-state index in [0.29, 0.717) is 19.5 Å². The SMILES string of the molecule is O=C(CCS(=O)(=O)c1ccc(F)cc1)N1CCc2nc(-c3ccc(F)cc3)sc2C1. The molecule has 3 aromatic rings. The van der Waals surface area contributed by atoms with Gasteiger partial charge < -0.3 is 4.90 Å².